The van der Waals surface area contributed by atoms with Gasteiger partial charge in [0, 0.05) is 5.02 Å². The summed E-state index contributed by atoms with van der Waals surface area (Å²) in [6.07, 6.45) is 1.82. The number of benzene rings is 1. The normalized spacial score (nSPS) is 19.6. The zero-order valence-corrected chi connectivity index (χ0v) is 10.8. The average Bonchev–Trinajstić information content (AvgIpc) is 2.80. The van der Waals surface area contributed by atoms with E-state index in [-0.39, 0.29) is 17.6 Å². The molecule has 1 unspecified atom stereocenters. The quantitative estimate of drug-likeness (QED) is 0.797. The van der Waals surface area contributed by atoms with E-state index >= 15 is 0 Å². The third kappa shape index (κ3) is 2.17. The van der Waals surface area contributed by atoms with Gasteiger partial charge in [0.1, 0.15) is 5.75 Å². The summed E-state index contributed by atoms with van der Waals surface area (Å²) < 4.78 is 0. The van der Waals surface area contributed by atoms with E-state index in [0.717, 1.165) is 19.4 Å². The molecule has 0 saturated carbocycles. The molecule has 17 heavy (non-hydrogen) atoms. The van der Waals surface area contributed by atoms with Gasteiger partial charge in [-0.05, 0) is 50.4 Å². The van der Waals surface area contributed by atoms with Crippen LogP contribution in [0.4, 0.5) is 0 Å². The molecule has 1 saturated heterocycles. The van der Waals surface area contributed by atoms with Crippen molar-refractivity contribution in [2.24, 2.45) is 0 Å². The number of aromatic hydroxyl groups is 1. The molecule has 2 rings (SSSR count). The van der Waals surface area contributed by atoms with Gasteiger partial charge in [0.05, 0.1) is 11.6 Å². The van der Waals surface area contributed by atoms with Crippen LogP contribution in [0.2, 0.25) is 5.02 Å². The van der Waals surface area contributed by atoms with Crippen molar-refractivity contribution in [1.29, 1.82) is 0 Å². The predicted molar refractivity (Wildman–Crippen MR) is 67.9 cm³/mol. The Bertz CT molecular complexity index is 439. The van der Waals surface area contributed by atoms with Crippen molar-refractivity contribution in [3.05, 3.63) is 27.8 Å². The first-order chi connectivity index (χ1) is 8.02. The largest absolute Gasteiger partial charge is 0.507 e. The first-order valence-electron chi connectivity index (χ1n) is 5.78. The lowest BCUT2D eigenvalue weighted by Crippen LogP contribution is -2.31. The Kier molecular flexibility index (Phi) is 3.40. The third-order valence-corrected chi connectivity index (χ3v) is 3.70. The molecule has 1 fully saturated rings. The van der Waals surface area contributed by atoms with Crippen molar-refractivity contribution in [3.63, 3.8) is 0 Å². The van der Waals surface area contributed by atoms with Crippen LogP contribution in [0, 0.1) is 13.8 Å². The number of phenols is 1. The van der Waals surface area contributed by atoms with Gasteiger partial charge in [0.15, 0.2) is 5.78 Å². The van der Waals surface area contributed by atoms with Gasteiger partial charge in [-0.15, -0.1) is 0 Å². The second-order valence-corrected chi connectivity index (χ2v) is 4.94. The van der Waals surface area contributed by atoms with E-state index in [1.165, 1.54) is 0 Å². The van der Waals surface area contributed by atoms with Crippen LogP contribution in [-0.4, -0.2) is 23.5 Å². The molecule has 1 aliphatic heterocycles. The Morgan fingerprint density at radius 2 is 2.24 bits per heavy atom. The second-order valence-electron chi connectivity index (χ2n) is 4.54. The molecule has 3 nitrogen and oxygen atoms in total. The molecule has 92 valence electrons. The molecule has 1 aliphatic rings. The number of Topliss-reactive ketones (excluding diaryl/α,β-unsaturated/α-hetero) is 1. The Morgan fingerprint density at radius 1 is 1.53 bits per heavy atom. The Balaban J connectivity index is 2.46. The van der Waals surface area contributed by atoms with E-state index in [1.54, 1.807) is 19.9 Å². The van der Waals surface area contributed by atoms with Crippen molar-refractivity contribution in [3.8, 4) is 5.75 Å². The molecule has 1 aromatic carbocycles. The lowest BCUT2D eigenvalue weighted by molar-refractivity contribution is 0.0949. The van der Waals surface area contributed by atoms with Crippen molar-refractivity contribution >= 4 is 17.4 Å². The summed E-state index contributed by atoms with van der Waals surface area (Å²) in [5, 5.41) is 13.7. The van der Waals surface area contributed by atoms with Gasteiger partial charge < -0.3 is 10.4 Å². The molecule has 1 aromatic rings. The number of phenolic OH excluding ortho intramolecular Hbond substituents is 1. The van der Waals surface area contributed by atoms with E-state index in [9.17, 15) is 9.90 Å². The minimum Gasteiger partial charge on any atom is -0.507 e. The Morgan fingerprint density at radius 3 is 2.82 bits per heavy atom. The number of carbonyl (C=O) groups excluding carboxylic acids is 1. The highest BCUT2D eigenvalue weighted by Crippen LogP contribution is 2.32. The van der Waals surface area contributed by atoms with Gasteiger partial charge in [-0.25, -0.2) is 0 Å². The smallest absolute Gasteiger partial charge is 0.183 e. The van der Waals surface area contributed by atoms with E-state index in [1.807, 2.05) is 0 Å². The van der Waals surface area contributed by atoms with Gasteiger partial charge in [-0.3, -0.25) is 4.79 Å². The molecule has 1 atom stereocenters. The van der Waals surface area contributed by atoms with Gasteiger partial charge in [0.25, 0.3) is 0 Å². The van der Waals surface area contributed by atoms with Crippen LogP contribution < -0.4 is 5.32 Å². The topological polar surface area (TPSA) is 49.3 Å². The SMILES string of the molecule is Cc1cc(Cl)c(C)c(C(=O)C2CCCN2)c1O. The minimum absolute atomic E-state index is 0.0527. The molecule has 2 N–H and O–H groups in total. The highest BCUT2D eigenvalue weighted by molar-refractivity contribution is 6.32. The van der Waals surface area contributed by atoms with Crippen LogP contribution in [0.25, 0.3) is 0 Å². The molecule has 0 bridgehead atoms. The molecule has 0 amide bonds. The number of hydrogen-bond acceptors (Lipinski definition) is 3. The third-order valence-electron chi connectivity index (χ3n) is 3.31. The highest BCUT2D eigenvalue weighted by Gasteiger charge is 2.28. The molecule has 0 aromatic heterocycles. The second kappa shape index (κ2) is 4.67. The molecular weight excluding hydrogens is 238 g/mol. The van der Waals surface area contributed by atoms with Crippen molar-refractivity contribution in [1.82, 2.24) is 5.32 Å². The first kappa shape index (κ1) is 12.4. The Hall–Kier alpha value is -1.06. The fourth-order valence-electron chi connectivity index (χ4n) is 2.24. The van der Waals surface area contributed by atoms with E-state index in [4.69, 9.17) is 11.6 Å². The molecule has 1 heterocycles. The maximum absolute atomic E-state index is 12.3. The number of nitrogens with one attached hydrogen (secondary N) is 1. The van der Waals surface area contributed by atoms with Crippen molar-refractivity contribution < 1.29 is 9.90 Å². The fraction of sp³-hybridized carbons (Fsp3) is 0.462. The number of aryl methyl sites for hydroxylation is 1. The number of halogens is 1. The predicted octanol–water partition coefficient (Wildman–Crippen LogP) is 2.60. The number of rotatable bonds is 2. The standard InChI is InChI=1S/C13H16ClNO2/c1-7-6-9(14)8(2)11(12(7)16)13(17)10-4-3-5-15-10/h6,10,15-16H,3-5H2,1-2H3. The van der Waals surface area contributed by atoms with E-state index < -0.39 is 0 Å². The molecular formula is C13H16ClNO2. The maximum Gasteiger partial charge on any atom is 0.183 e. The van der Waals surface area contributed by atoms with Crippen LogP contribution >= 0.6 is 11.6 Å². The highest BCUT2D eigenvalue weighted by atomic mass is 35.5. The summed E-state index contributed by atoms with van der Waals surface area (Å²) in [4.78, 5) is 12.3. The number of carbonyl (C=O) groups is 1. The van der Waals surface area contributed by atoms with Crippen LogP contribution in [0.1, 0.15) is 34.3 Å². The summed E-state index contributed by atoms with van der Waals surface area (Å²) in [6, 6.07) is 1.50. The average molecular weight is 254 g/mol. The lowest BCUT2D eigenvalue weighted by Gasteiger charge is -2.15. The van der Waals surface area contributed by atoms with Crippen LogP contribution in [-0.2, 0) is 0 Å². The van der Waals surface area contributed by atoms with Crippen LogP contribution in [0.5, 0.6) is 5.75 Å². The van der Waals surface area contributed by atoms with Gasteiger partial charge in [-0.1, -0.05) is 11.6 Å². The lowest BCUT2D eigenvalue weighted by atomic mass is 9.95. The van der Waals surface area contributed by atoms with Crippen LogP contribution in [0.3, 0.4) is 0 Å². The fourth-order valence-corrected chi connectivity index (χ4v) is 2.50. The van der Waals surface area contributed by atoms with Crippen molar-refractivity contribution in [2.75, 3.05) is 6.54 Å². The maximum atomic E-state index is 12.3. The van der Waals surface area contributed by atoms with E-state index in [0.29, 0.717) is 21.7 Å². The first-order valence-corrected chi connectivity index (χ1v) is 6.16. The van der Waals surface area contributed by atoms with Crippen LogP contribution in [0.15, 0.2) is 6.07 Å². The monoisotopic (exact) mass is 253 g/mol. The molecule has 0 radical (unpaired) electrons. The minimum atomic E-state index is -0.183. The molecule has 4 heteroatoms. The summed E-state index contributed by atoms with van der Waals surface area (Å²) in [7, 11) is 0. The Labute approximate surface area is 106 Å². The summed E-state index contributed by atoms with van der Waals surface area (Å²) in [6.45, 7) is 4.37. The van der Waals surface area contributed by atoms with Gasteiger partial charge in [-0.2, -0.15) is 0 Å². The van der Waals surface area contributed by atoms with Gasteiger partial charge in [0.2, 0.25) is 0 Å². The summed E-state index contributed by atoms with van der Waals surface area (Å²) in [5.74, 6) is 0.00806. The zero-order valence-electron chi connectivity index (χ0n) is 10.0. The van der Waals surface area contributed by atoms with E-state index in [2.05, 4.69) is 5.32 Å². The molecule has 0 aliphatic carbocycles. The zero-order chi connectivity index (χ0) is 12.6. The number of hydrogen-bond donors (Lipinski definition) is 2. The summed E-state index contributed by atoms with van der Waals surface area (Å²) >= 11 is 6.06. The van der Waals surface area contributed by atoms with Gasteiger partial charge >= 0.3 is 0 Å². The summed E-state index contributed by atoms with van der Waals surface area (Å²) in [5.41, 5.74) is 1.67. The van der Waals surface area contributed by atoms with Crippen molar-refractivity contribution in [2.45, 2.75) is 32.7 Å². The number of ketones is 1. The molecule has 0 spiro atoms.